The van der Waals surface area contributed by atoms with Crippen LogP contribution < -0.4 is 10.1 Å². The summed E-state index contributed by atoms with van der Waals surface area (Å²) in [7, 11) is 1.56. The van der Waals surface area contributed by atoms with Crippen molar-refractivity contribution in [3.05, 3.63) is 29.8 Å². The highest BCUT2D eigenvalue weighted by Gasteiger charge is 2.09. The van der Waals surface area contributed by atoms with Crippen molar-refractivity contribution in [2.75, 3.05) is 19.0 Å². The van der Waals surface area contributed by atoms with Gasteiger partial charge in [-0.3, -0.25) is 0 Å². The van der Waals surface area contributed by atoms with Crippen molar-refractivity contribution in [3.63, 3.8) is 0 Å². The Balaban J connectivity index is 2.38. The van der Waals surface area contributed by atoms with E-state index in [9.17, 15) is 0 Å². The van der Waals surface area contributed by atoms with Gasteiger partial charge in [0.15, 0.2) is 5.82 Å². The number of nitrogens with one attached hydrogen (secondary N) is 1. The van der Waals surface area contributed by atoms with Crippen LogP contribution in [0.4, 0.5) is 5.95 Å². The molecule has 112 valence electrons. The van der Waals surface area contributed by atoms with Crippen LogP contribution in [0.25, 0.3) is 11.4 Å². The van der Waals surface area contributed by atoms with E-state index in [-0.39, 0.29) is 0 Å². The highest BCUT2D eigenvalue weighted by molar-refractivity contribution is 5.57. The van der Waals surface area contributed by atoms with E-state index >= 15 is 0 Å². The van der Waals surface area contributed by atoms with E-state index < -0.39 is 0 Å². The summed E-state index contributed by atoms with van der Waals surface area (Å²) < 4.78 is 5.16. The molecule has 2 rings (SSSR count). The number of ether oxygens (including phenoxy) is 1. The summed E-state index contributed by atoms with van der Waals surface area (Å²) in [5.41, 5.74) is 2.26. The average molecular weight is 286 g/mol. The molecule has 0 spiro atoms. The summed E-state index contributed by atoms with van der Waals surface area (Å²) in [6.07, 6.45) is 1.04. The highest BCUT2D eigenvalue weighted by Crippen LogP contribution is 2.21. The first-order valence-corrected chi connectivity index (χ1v) is 7.25. The van der Waals surface area contributed by atoms with Gasteiger partial charge in [-0.05, 0) is 30.9 Å². The lowest BCUT2D eigenvalue weighted by molar-refractivity contribution is 0.379. The summed E-state index contributed by atoms with van der Waals surface area (Å²) in [5, 5.41) is 3.10. The number of rotatable bonds is 6. The maximum Gasteiger partial charge on any atom is 0.321 e. The monoisotopic (exact) mass is 286 g/mol. The fourth-order valence-corrected chi connectivity index (χ4v) is 2.12. The van der Waals surface area contributed by atoms with Gasteiger partial charge in [-0.15, -0.1) is 0 Å². The summed E-state index contributed by atoms with van der Waals surface area (Å²) in [6.45, 7) is 7.17. The second-order valence-corrected chi connectivity index (χ2v) is 5.30. The first kappa shape index (κ1) is 15.2. The third kappa shape index (κ3) is 4.15. The van der Waals surface area contributed by atoms with Gasteiger partial charge >= 0.3 is 6.01 Å². The number of benzene rings is 1. The van der Waals surface area contributed by atoms with Crippen LogP contribution in [0.2, 0.25) is 0 Å². The van der Waals surface area contributed by atoms with E-state index in [1.807, 2.05) is 19.1 Å². The molecule has 1 aromatic carbocycles. The molecule has 5 nitrogen and oxygen atoms in total. The Labute approximate surface area is 125 Å². The lowest BCUT2D eigenvalue weighted by Gasteiger charge is -2.09. The molecule has 21 heavy (non-hydrogen) atoms. The van der Waals surface area contributed by atoms with Gasteiger partial charge in [0.1, 0.15) is 0 Å². The minimum Gasteiger partial charge on any atom is -0.467 e. The molecule has 5 heteroatoms. The largest absolute Gasteiger partial charge is 0.467 e. The lowest BCUT2D eigenvalue weighted by Crippen LogP contribution is -2.06. The van der Waals surface area contributed by atoms with Crippen molar-refractivity contribution in [2.45, 2.75) is 27.2 Å². The number of aromatic nitrogens is 3. The first-order valence-electron chi connectivity index (χ1n) is 7.25. The van der Waals surface area contributed by atoms with E-state index in [1.54, 1.807) is 7.11 Å². The Morgan fingerprint density at radius 2 is 2.00 bits per heavy atom. The van der Waals surface area contributed by atoms with Crippen LogP contribution in [-0.2, 0) is 6.42 Å². The predicted octanol–water partition coefficient (Wildman–Crippen LogP) is 3.18. The SMILES string of the molecule is CCNc1nc(OC)nc(-c2cccc(CC(C)C)c2)n1. The minimum atomic E-state index is 0.324. The molecule has 0 saturated carbocycles. The number of methoxy groups -OCH3 is 1. The molecule has 1 aromatic heterocycles. The van der Waals surface area contributed by atoms with Crippen LogP contribution in [0.5, 0.6) is 6.01 Å². The molecule has 0 bridgehead atoms. The molecule has 0 fully saturated rings. The third-order valence-corrected chi connectivity index (χ3v) is 2.96. The zero-order valence-corrected chi connectivity index (χ0v) is 13.1. The van der Waals surface area contributed by atoms with E-state index in [0.717, 1.165) is 18.5 Å². The average Bonchev–Trinajstić information content (AvgIpc) is 2.47. The van der Waals surface area contributed by atoms with Crippen molar-refractivity contribution in [3.8, 4) is 17.4 Å². The lowest BCUT2D eigenvalue weighted by atomic mass is 10.0. The standard InChI is InChI=1S/C16H22N4O/c1-5-17-15-18-14(19-16(20-15)21-4)13-8-6-7-12(10-13)9-11(2)3/h6-8,10-11H,5,9H2,1-4H3,(H,17,18,19,20). The predicted molar refractivity (Wildman–Crippen MR) is 84.5 cm³/mol. The Hall–Kier alpha value is -2.17. The summed E-state index contributed by atoms with van der Waals surface area (Å²) in [6, 6.07) is 8.63. The molecule has 1 N–H and O–H groups in total. The summed E-state index contributed by atoms with van der Waals surface area (Å²) in [4.78, 5) is 13.0. The summed E-state index contributed by atoms with van der Waals surface area (Å²) in [5.74, 6) is 1.78. The van der Waals surface area contributed by atoms with Crippen LogP contribution >= 0.6 is 0 Å². The normalized spacial score (nSPS) is 10.7. The molecule has 0 saturated heterocycles. The third-order valence-electron chi connectivity index (χ3n) is 2.96. The van der Waals surface area contributed by atoms with Gasteiger partial charge in [0.25, 0.3) is 0 Å². The van der Waals surface area contributed by atoms with E-state index in [1.165, 1.54) is 5.56 Å². The van der Waals surface area contributed by atoms with Crippen LogP contribution in [0.1, 0.15) is 26.3 Å². The van der Waals surface area contributed by atoms with Crippen molar-refractivity contribution in [2.24, 2.45) is 5.92 Å². The molecule has 0 unspecified atom stereocenters. The number of anilines is 1. The van der Waals surface area contributed by atoms with Crippen LogP contribution in [0.15, 0.2) is 24.3 Å². The van der Waals surface area contributed by atoms with Crippen molar-refractivity contribution >= 4 is 5.95 Å². The fraction of sp³-hybridized carbons (Fsp3) is 0.438. The Morgan fingerprint density at radius 3 is 2.67 bits per heavy atom. The fourth-order valence-electron chi connectivity index (χ4n) is 2.12. The van der Waals surface area contributed by atoms with Crippen LogP contribution in [-0.4, -0.2) is 28.6 Å². The molecular weight excluding hydrogens is 264 g/mol. The van der Waals surface area contributed by atoms with Gasteiger partial charge in [0.2, 0.25) is 5.95 Å². The molecule has 2 aromatic rings. The molecule has 0 aliphatic carbocycles. The first-order chi connectivity index (χ1) is 10.1. The van der Waals surface area contributed by atoms with Crippen LogP contribution in [0, 0.1) is 5.92 Å². The van der Waals surface area contributed by atoms with Gasteiger partial charge in [0.05, 0.1) is 7.11 Å². The number of hydrogen-bond donors (Lipinski definition) is 1. The van der Waals surface area contributed by atoms with Gasteiger partial charge in [-0.25, -0.2) is 0 Å². The molecule has 1 heterocycles. The highest BCUT2D eigenvalue weighted by atomic mass is 16.5. The smallest absolute Gasteiger partial charge is 0.321 e. The summed E-state index contributed by atoms with van der Waals surface area (Å²) >= 11 is 0. The molecule has 0 aliphatic rings. The molecule has 0 atom stereocenters. The Bertz CT molecular complexity index is 599. The van der Waals surface area contributed by atoms with Crippen molar-refractivity contribution in [1.29, 1.82) is 0 Å². The quantitative estimate of drug-likeness (QED) is 0.883. The second kappa shape index (κ2) is 7.02. The topological polar surface area (TPSA) is 59.9 Å². The van der Waals surface area contributed by atoms with Crippen molar-refractivity contribution in [1.82, 2.24) is 15.0 Å². The van der Waals surface area contributed by atoms with Gasteiger partial charge < -0.3 is 10.1 Å². The van der Waals surface area contributed by atoms with E-state index in [4.69, 9.17) is 4.74 Å². The maximum atomic E-state index is 5.16. The molecule has 0 radical (unpaired) electrons. The molecular formula is C16H22N4O. The maximum absolute atomic E-state index is 5.16. The molecule has 0 aliphatic heterocycles. The molecule has 0 amide bonds. The van der Waals surface area contributed by atoms with Gasteiger partial charge in [0, 0.05) is 12.1 Å². The van der Waals surface area contributed by atoms with Gasteiger partial charge in [-0.1, -0.05) is 32.0 Å². The zero-order chi connectivity index (χ0) is 15.2. The van der Waals surface area contributed by atoms with Crippen molar-refractivity contribution < 1.29 is 4.74 Å². The minimum absolute atomic E-state index is 0.324. The number of nitrogens with zero attached hydrogens (tertiary/aromatic N) is 3. The van der Waals surface area contributed by atoms with E-state index in [2.05, 4.69) is 46.2 Å². The van der Waals surface area contributed by atoms with E-state index in [0.29, 0.717) is 23.7 Å². The Kier molecular flexibility index (Phi) is 5.09. The van der Waals surface area contributed by atoms with Crippen LogP contribution in [0.3, 0.4) is 0 Å². The van der Waals surface area contributed by atoms with Gasteiger partial charge in [-0.2, -0.15) is 15.0 Å². The second-order valence-electron chi connectivity index (χ2n) is 5.30. The number of hydrogen-bond acceptors (Lipinski definition) is 5. The Morgan fingerprint density at radius 1 is 1.19 bits per heavy atom. The zero-order valence-electron chi connectivity index (χ0n) is 13.1.